The summed E-state index contributed by atoms with van der Waals surface area (Å²) in [6.45, 7) is 1.94. The number of carbonyl (C=O) groups excluding carboxylic acids is 2. The number of hydrogen-bond donors (Lipinski definition) is 0. The molecule has 0 bridgehead atoms. The van der Waals surface area contributed by atoms with Gasteiger partial charge in [0.1, 0.15) is 0 Å². The first-order chi connectivity index (χ1) is 13.5. The molecule has 0 heterocycles. The van der Waals surface area contributed by atoms with E-state index in [4.69, 9.17) is 16.4 Å². The molecule has 0 saturated carbocycles. The van der Waals surface area contributed by atoms with Gasteiger partial charge in [0.2, 0.25) is 0 Å². The highest BCUT2D eigenvalue weighted by Crippen LogP contribution is 2.19. The summed E-state index contributed by atoms with van der Waals surface area (Å²) in [7, 11) is 0. The van der Waals surface area contributed by atoms with E-state index in [-0.39, 0.29) is 6.42 Å². The minimum Gasteiger partial charge on any atom is -0.333 e. The van der Waals surface area contributed by atoms with Gasteiger partial charge in [0.15, 0.2) is 0 Å². The van der Waals surface area contributed by atoms with Crippen molar-refractivity contribution in [3.8, 4) is 0 Å². The van der Waals surface area contributed by atoms with Crippen LogP contribution < -0.4 is 5.06 Å². The summed E-state index contributed by atoms with van der Waals surface area (Å²) in [5, 5.41) is 1.69. The topological polar surface area (TPSA) is 46.6 Å². The number of nitrogens with zero attached hydrogens (tertiary/aromatic N) is 1. The predicted octanol–water partition coefficient (Wildman–Crippen LogP) is 5.39. The minimum atomic E-state index is -0.487. The summed E-state index contributed by atoms with van der Waals surface area (Å²) in [6.07, 6.45) is 0.642. The molecular formula is C23H20ClNO3. The maximum Gasteiger partial charge on any atom is 0.333 e. The van der Waals surface area contributed by atoms with Crippen LogP contribution in [0.3, 0.4) is 0 Å². The number of benzene rings is 3. The third-order valence-corrected chi connectivity index (χ3v) is 4.45. The van der Waals surface area contributed by atoms with Gasteiger partial charge in [-0.15, -0.1) is 5.06 Å². The Bertz CT molecular complexity index is 938. The van der Waals surface area contributed by atoms with Gasteiger partial charge in [-0.05, 0) is 55.3 Å². The molecular weight excluding hydrogens is 374 g/mol. The van der Waals surface area contributed by atoms with Gasteiger partial charge in [0, 0.05) is 10.6 Å². The van der Waals surface area contributed by atoms with Gasteiger partial charge in [-0.25, -0.2) is 4.79 Å². The Hall–Kier alpha value is -3.11. The molecule has 3 aromatic carbocycles. The minimum absolute atomic E-state index is 0.145. The van der Waals surface area contributed by atoms with Crippen LogP contribution in [0.15, 0.2) is 78.9 Å². The zero-order valence-corrected chi connectivity index (χ0v) is 16.2. The predicted molar refractivity (Wildman–Crippen MR) is 110 cm³/mol. The zero-order chi connectivity index (χ0) is 19.9. The standard InChI is InChI=1S/C23H20ClNO3/c1-17-7-12-19(13-8-17)23(27)25(21-5-3-2-4-6-21)28-22(26)16-11-18-9-14-20(24)15-10-18/h2-10,12-15H,11,16H2,1H3. The second-order valence-corrected chi connectivity index (χ2v) is 6.83. The molecule has 0 saturated heterocycles. The highest BCUT2D eigenvalue weighted by Gasteiger charge is 2.22. The van der Waals surface area contributed by atoms with Crippen molar-refractivity contribution in [3.05, 3.63) is 101 Å². The van der Waals surface area contributed by atoms with Gasteiger partial charge >= 0.3 is 5.97 Å². The van der Waals surface area contributed by atoms with Crippen molar-refractivity contribution in [1.82, 2.24) is 0 Å². The molecule has 0 spiro atoms. The molecule has 0 unspecified atom stereocenters. The van der Waals surface area contributed by atoms with E-state index in [1.807, 2.05) is 37.3 Å². The Morgan fingerprint density at radius 3 is 2.18 bits per heavy atom. The van der Waals surface area contributed by atoms with Crippen LogP contribution in [0.25, 0.3) is 0 Å². The van der Waals surface area contributed by atoms with Gasteiger partial charge in [-0.2, -0.15) is 0 Å². The van der Waals surface area contributed by atoms with Crippen LogP contribution >= 0.6 is 11.6 Å². The summed E-state index contributed by atoms with van der Waals surface area (Å²) >= 11 is 5.88. The number of amides is 1. The number of hydrogen-bond acceptors (Lipinski definition) is 3. The van der Waals surface area contributed by atoms with Crippen LogP contribution in [0.5, 0.6) is 0 Å². The van der Waals surface area contributed by atoms with Crippen molar-refractivity contribution in [2.24, 2.45) is 0 Å². The van der Waals surface area contributed by atoms with Crippen molar-refractivity contribution in [2.75, 3.05) is 5.06 Å². The van der Waals surface area contributed by atoms with E-state index >= 15 is 0 Å². The first kappa shape index (κ1) is 19.6. The number of rotatable bonds is 5. The second-order valence-electron chi connectivity index (χ2n) is 6.39. The Balaban J connectivity index is 1.73. The maximum atomic E-state index is 12.9. The van der Waals surface area contributed by atoms with Crippen LogP contribution in [-0.4, -0.2) is 11.9 Å². The Kier molecular flexibility index (Phi) is 6.45. The van der Waals surface area contributed by atoms with Gasteiger partial charge in [-0.1, -0.05) is 59.6 Å². The first-order valence-electron chi connectivity index (χ1n) is 8.94. The van der Waals surface area contributed by atoms with Gasteiger partial charge < -0.3 is 4.84 Å². The van der Waals surface area contributed by atoms with E-state index in [0.717, 1.165) is 16.2 Å². The molecule has 28 heavy (non-hydrogen) atoms. The fourth-order valence-corrected chi connectivity index (χ4v) is 2.76. The van der Waals surface area contributed by atoms with Crippen LogP contribution in [0.1, 0.15) is 27.9 Å². The molecule has 0 aliphatic heterocycles. The molecule has 142 valence electrons. The second kappa shape index (κ2) is 9.20. The van der Waals surface area contributed by atoms with Crippen molar-refractivity contribution in [1.29, 1.82) is 0 Å². The van der Waals surface area contributed by atoms with Crippen LogP contribution in [0, 0.1) is 6.92 Å². The molecule has 3 rings (SSSR count). The average Bonchev–Trinajstić information content (AvgIpc) is 2.72. The number of hydroxylamine groups is 1. The normalized spacial score (nSPS) is 10.4. The monoisotopic (exact) mass is 393 g/mol. The van der Waals surface area contributed by atoms with Gasteiger partial charge in [-0.3, -0.25) is 4.79 Å². The zero-order valence-electron chi connectivity index (χ0n) is 15.5. The summed E-state index contributed by atoms with van der Waals surface area (Å²) in [4.78, 5) is 30.8. The molecule has 4 nitrogen and oxygen atoms in total. The molecule has 0 aliphatic rings. The summed E-state index contributed by atoms with van der Waals surface area (Å²) in [5.41, 5.74) is 2.95. The number of aryl methyl sites for hydroxylation is 2. The van der Waals surface area contributed by atoms with Crippen molar-refractivity contribution < 1.29 is 14.4 Å². The first-order valence-corrected chi connectivity index (χ1v) is 9.32. The Morgan fingerprint density at radius 2 is 1.54 bits per heavy atom. The van der Waals surface area contributed by atoms with E-state index in [9.17, 15) is 9.59 Å². The van der Waals surface area contributed by atoms with E-state index in [1.54, 1.807) is 48.5 Å². The molecule has 0 aliphatic carbocycles. The summed E-state index contributed by atoms with van der Waals surface area (Å²) in [6, 6.07) is 23.3. The largest absolute Gasteiger partial charge is 0.333 e. The molecule has 5 heteroatoms. The Morgan fingerprint density at radius 1 is 0.893 bits per heavy atom. The fraction of sp³-hybridized carbons (Fsp3) is 0.130. The summed E-state index contributed by atoms with van der Waals surface area (Å²) in [5.74, 6) is -0.884. The molecule has 0 N–H and O–H groups in total. The Labute approximate surface area is 169 Å². The third kappa shape index (κ3) is 5.21. The van der Waals surface area contributed by atoms with E-state index in [2.05, 4.69) is 0 Å². The highest BCUT2D eigenvalue weighted by atomic mass is 35.5. The van der Waals surface area contributed by atoms with Crippen LogP contribution in [0.4, 0.5) is 5.69 Å². The molecule has 0 atom stereocenters. The van der Waals surface area contributed by atoms with E-state index in [0.29, 0.717) is 22.7 Å². The molecule has 3 aromatic rings. The SMILES string of the molecule is Cc1ccc(C(=O)N(OC(=O)CCc2ccc(Cl)cc2)c2ccccc2)cc1. The fourth-order valence-electron chi connectivity index (χ4n) is 2.63. The molecule has 0 fully saturated rings. The smallest absolute Gasteiger partial charge is 0.333 e. The number of para-hydroxylation sites is 1. The number of carbonyl (C=O) groups is 2. The number of anilines is 1. The lowest BCUT2D eigenvalue weighted by atomic mass is 10.1. The molecule has 0 radical (unpaired) electrons. The van der Waals surface area contributed by atoms with Gasteiger partial charge in [0.25, 0.3) is 5.91 Å². The lowest BCUT2D eigenvalue weighted by Gasteiger charge is -2.21. The quantitative estimate of drug-likeness (QED) is 0.546. The lowest BCUT2D eigenvalue weighted by molar-refractivity contribution is -0.144. The van der Waals surface area contributed by atoms with Crippen LogP contribution in [-0.2, 0) is 16.1 Å². The van der Waals surface area contributed by atoms with Gasteiger partial charge in [0.05, 0.1) is 12.1 Å². The summed E-state index contributed by atoms with van der Waals surface area (Å²) < 4.78 is 0. The highest BCUT2D eigenvalue weighted by molar-refractivity contribution is 6.30. The van der Waals surface area contributed by atoms with E-state index < -0.39 is 11.9 Å². The van der Waals surface area contributed by atoms with Crippen molar-refractivity contribution >= 4 is 29.2 Å². The van der Waals surface area contributed by atoms with Crippen molar-refractivity contribution in [3.63, 3.8) is 0 Å². The average molecular weight is 394 g/mol. The van der Waals surface area contributed by atoms with E-state index in [1.165, 1.54) is 0 Å². The number of halogens is 1. The third-order valence-electron chi connectivity index (χ3n) is 4.20. The van der Waals surface area contributed by atoms with Crippen molar-refractivity contribution in [2.45, 2.75) is 19.8 Å². The van der Waals surface area contributed by atoms with Crippen LogP contribution in [0.2, 0.25) is 5.02 Å². The maximum absolute atomic E-state index is 12.9. The lowest BCUT2D eigenvalue weighted by Crippen LogP contribution is -2.33. The molecule has 0 aromatic heterocycles. The molecule has 1 amide bonds.